The fourth-order valence-corrected chi connectivity index (χ4v) is 4.95. The van der Waals surface area contributed by atoms with E-state index in [1.807, 2.05) is 6.92 Å². The summed E-state index contributed by atoms with van der Waals surface area (Å²) in [5.41, 5.74) is -4.58. The molecule has 3 aromatic rings. The normalized spacial score (nSPS) is 13.5. The van der Waals surface area contributed by atoms with Gasteiger partial charge >= 0.3 is 21.6 Å². The van der Waals surface area contributed by atoms with Crippen LogP contribution in [-0.4, -0.2) is 36.3 Å². The molecular formula is C23H22F5N5O3S. The molecule has 2 heterocycles. The first-order chi connectivity index (χ1) is 17.4. The molecule has 0 atom stereocenters. The van der Waals surface area contributed by atoms with Crippen LogP contribution in [0.1, 0.15) is 31.0 Å². The second-order valence-corrected chi connectivity index (χ2v) is 10.2. The average molecular weight is 544 g/mol. The van der Waals surface area contributed by atoms with Crippen LogP contribution in [0.15, 0.2) is 42.5 Å². The van der Waals surface area contributed by atoms with Crippen LogP contribution in [0.5, 0.6) is 0 Å². The van der Waals surface area contributed by atoms with Gasteiger partial charge in [0.2, 0.25) is 0 Å². The smallest absolute Gasteiger partial charge is 0.305 e. The van der Waals surface area contributed by atoms with Crippen molar-refractivity contribution in [1.29, 1.82) is 0 Å². The first kappa shape index (κ1) is 26.4. The Bertz CT molecular complexity index is 1440. The Morgan fingerprint density at radius 2 is 1.86 bits per heavy atom. The van der Waals surface area contributed by atoms with Crippen molar-refractivity contribution in [3.63, 3.8) is 0 Å². The van der Waals surface area contributed by atoms with Crippen molar-refractivity contribution in [1.82, 2.24) is 9.78 Å². The number of alkyl halides is 3. The molecule has 8 nitrogen and oxygen atoms in total. The number of aryl methyl sites for hydroxylation is 1. The second kappa shape index (κ2) is 10.00. The monoisotopic (exact) mass is 543 g/mol. The largest absolute Gasteiger partial charge is 0.516 e. The van der Waals surface area contributed by atoms with E-state index < -0.39 is 33.2 Å². The minimum Gasteiger partial charge on any atom is -0.305 e. The average Bonchev–Trinajstić information content (AvgIpc) is 3.43. The van der Waals surface area contributed by atoms with E-state index in [0.717, 1.165) is 18.9 Å². The van der Waals surface area contributed by atoms with Crippen LogP contribution >= 0.6 is 0 Å². The highest BCUT2D eigenvalue weighted by atomic mass is 32.2. The summed E-state index contributed by atoms with van der Waals surface area (Å²) in [4.78, 5) is 12.6. The van der Waals surface area contributed by atoms with Crippen molar-refractivity contribution < 1.29 is 35.2 Å². The third-order valence-corrected chi connectivity index (χ3v) is 7.28. The number of fused-ring (bicyclic) bond motifs is 1. The molecule has 198 valence electrons. The lowest BCUT2D eigenvalue weighted by atomic mass is 10.1. The maximum absolute atomic E-state index is 14.0. The number of urea groups is 1. The zero-order valence-corrected chi connectivity index (χ0v) is 20.3. The molecule has 1 aliphatic rings. The van der Waals surface area contributed by atoms with Gasteiger partial charge in [-0.1, -0.05) is 19.4 Å². The van der Waals surface area contributed by atoms with E-state index in [1.54, 1.807) is 6.07 Å². The number of anilines is 3. The van der Waals surface area contributed by atoms with Gasteiger partial charge in [-0.15, -0.1) is 0 Å². The minimum absolute atomic E-state index is 0.0462. The van der Waals surface area contributed by atoms with Crippen LogP contribution in [0.3, 0.4) is 0 Å². The number of sulfonamides is 1. The van der Waals surface area contributed by atoms with Crippen LogP contribution in [0, 0.1) is 11.6 Å². The van der Waals surface area contributed by atoms with E-state index in [9.17, 15) is 35.2 Å². The Morgan fingerprint density at radius 1 is 1.11 bits per heavy atom. The molecule has 0 saturated carbocycles. The number of amides is 2. The number of halogens is 5. The first-order valence-electron chi connectivity index (χ1n) is 11.3. The van der Waals surface area contributed by atoms with Gasteiger partial charge in [-0.25, -0.2) is 18.3 Å². The lowest BCUT2D eigenvalue weighted by Gasteiger charge is -2.21. The lowest BCUT2D eigenvalue weighted by Crippen LogP contribution is -2.39. The molecule has 4 rings (SSSR count). The summed E-state index contributed by atoms with van der Waals surface area (Å²) >= 11 is 0. The summed E-state index contributed by atoms with van der Waals surface area (Å²) in [6, 6.07) is 8.16. The Balaban J connectivity index is 1.64. The highest BCUT2D eigenvalue weighted by Gasteiger charge is 2.51. The van der Waals surface area contributed by atoms with Crippen LogP contribution < -0.4 is 14.9 Å². The quantitative estimate of drug-likeness (QED) is 0.393. The molecule has 0 spiro atoms. The van der Waals surface area contributed by atoms with Crippen LogP contribution in [0.4, 0.5) is 43.9 Å². The summed E-state index contributed by atoms with van der Waals surface area (Å²) < 4.78 is 92.2. The molecule has 0 fully saturated rings. The molecular weight excluding hydrogens is 521 g/mol. The highest BCUT2D eigenvalue weighted by molar-refractivity contribution is 7.93. The van der Waals surface area contributed by atoms with Gasteiger partial charge in [-0.05, 0) is 55.2 Å². The van der Waals surface area contributed by atoms with Crippen molar-refractivity contribution in [2.45, 2.75) is 38.1 Å². The second-order valence-electron chi connectivity index (χ2n) is 8.30. The van der Waals surface area contributed by atoms with Gasteiger partial charge in [0.1, 0.15) is 5.82 Å². The van der Waals surface area contributed by atoms with Crippen molar-refractivity contribution in [2.24, 2.45) is 0 Å². The molecule has 2 N–H and O–H groups in total. The maximum atomic E-state index is 14.0. The number of unbranched alkanes of at least 4 members (excludes halogenated alkanes) is 1. The number of benzene rings is 2. The molecule has 2 aromatic carbocycles. The van der Waals surface area contributed by atoms with Gasteiger partial charge in [0.05, 0.1) is 22.8 Å². The highest BCUT2D eigenvalue weighted by Crippen LogP contribution is 2.38. The maximum Gasteiger partial charge on any atom is 0.516 e. The van der Waals surface area contributed by atoms with E-state index in [2.05, 4.69) is 15.7 Å². The Labute approximate surface area is 209 Å². The van der Waals surface area contributed by atoms with Gasteiger partial charge in [0, 0.05) is 12.6 Å². The van der Waals surface area contributed by atoms with Crippen molar-refractivity contribution in [3.05, 3.63) is 65.4 Å². The van der Waals surface area contributed by atoms with E-state index >= 15 is 0 Å². The number of carbonyl (C=O) groups excluding carboxylic acids is 1. The van der Waals surface area contributed by atoms with Crippen LogP contribution in [0.25, 0.3) is 5.69 Å². The molecule has 0 unspecified atom stereocenters. The fraction of sp³-hybridized carbons (Fsp3) is 0.304. The topological polar surface area (TPSA) is 96.3 Å². The molecule has 0 saturated heterocycles. The molecule has 0 bridgehead atoms. The number of carbonyl (C=O) groups is 1. The Hall–Kier alpha value is -3.68. The third kappa shape index (κ3) is 5.24. The molecule has 37 heavy (non-hydrogen) atoms. The number of nitrogens with one attached hydrogen (secondary N) is 2. The molecule has 0 aliphatic carbocycles. The van der Waals surface area contributed by atoms with Crippen molar-refractivity contribution in [3.8, 4) is 5.69 Å². The number of hydrogen-bond donors (Lipinski definition) is 2. The summed E-state index contributed by atoms with van der Waals surface area (Å²) in [7, 11) is -5.55. The fourth-order valence-electron chi connectivity index (χ4n) is 3.93. The number of rotatable bonds is 7. The molecule has 1 aromatic heterocycles. The van der Waals surface area contributed by atoms with Crippen LogP contribution in [0.2, 0.25) is 0 Å². The predicted octanol–water partition coefficient (Wildman–Crippen LogP) is 5.35. The van der Waals surface area contributed by atoms with Gasteiger partial charge in [-0.3, -0.25) is 9.62 Å². The zero-order valence-electron chi connectivity index (χ0n) is 19.4. The predicted molar refractivity (Wildman–Crippen MR) is 127 cm³/mol. The van der Waals surface area contributed by atoms with E-state index in [0.29, 0.717) is 27.7 Å². The number of nitrogens with zero attached hydrogens (tertiary/aromatic N) is 3. The first-order valence-corrected chi connectivity index (χ1v) is 12.7. The molecule has 0 radical (unpaired) electrons. The van der Waals surface area contributed by atoms with Crippen molar-refractivity contribution >= 4 is 33.2 Å². The molecule has 1 aliphatic heterocycles. The minimum atomic E-state index is -5.55. The van der Waals surface area contributed by atoms with Gasteiger partial charge in [0.25, 0.3) is 0 Å². The summed E-state index contributed by atoms with van der Waals surface area (Å²) in [5.74, 6) is -2.20. The van der Waals surface area contributed by atoms with Gasteiger partial charge < -0.3 is 5.32 Å². The number of aromatic nitrogens is 2. The molecule has 14 heteroatoms. The number of hydrogen-bond acceptors (Lipinski definition) is 4. The summed E-state index contributed by atoms with van der Waals surface area (Å²) in [6.45, 7) is 1.62. The zero-order chi connectivity index (χ0) is 27.0. The summed E-state index contributed by atoms with van der Waals surface area (Å²) in [5, 5.41) is 9.22. The molecule has 2 amide bonds. The van der Waals surface area contributed by atoms with Crippen LogP contribution in [-0.2, 0) is 22.9 Å². The van der Waals surface area contributed by atoms with Gasteiger partial charge in [-0.2, -0.15) is 26.7 Å². The third-order valence-electron chi connectivity index (χ3n) is 5.73. The van der Waals surface area contributed by atoms with E-state index in [1.165, 1.54) is 35.0 Å². The standard InChI is InChI=1S/C23H22F5N5O3S/c1-2-3-5-15-13-20(30-22(34)29-18-7-4-6-17(24)21(18)25)33(31-15)16-8-9-19-14(12-16)10-11-32(19)37(35,36)23(26,27)28/h4,6-9,12-13H,2-3,5,10-11H2,1H3,(H2,29,30,34). The Morgan fingerprint density at radius 3 is 2.57 bits per heavy atom. The van der Waals surface area contributed by atoms with E-state index in [4.69, 9.17) is 0 Å². The SMILES string of the molecule is CCCCc1cc(NC(=O)Nc2cccc(F)c2F)n(-c2ccc3c(c2)CCN3S(=O)(=O)C(F)(F)F)n1. The summed E-state index contributed by atoms with van der Waals surface area (Å²) in [6.07, 6.45) is 2.29. The lowest BCUT2D eigenvalue weighted by molar-refractivity contribution is -0.0437. The Kier molecular flexibility index (Phi) is 7.13. The van der Waals surface area contributed by atoms with E-state index in [-0.39, 0.29) is 30.2 Å². The van der Waals surface area contributed by atoms with Crippen molar-refractivity contribution in [2.75, 3.05) is 21.5 Å². The van der Waals surface area contributed by atoms with Gasteiger partial charge in [0.15, 0.2) is 11.6 Å².